The van der Waals surface area contributed by atoms with Crippen molar-refractivity contribution in [3.63, 3.8) is 0 Å². The fourth-order valence-electron chi connectivity index (χ4n) is 1.80. The lowest BCUT2D eigenvalue weighted by atomic mass is 10.1. The normalized spacial score (nSPS) is 19.3. The van der Waals surface area contributed by atoms with E-state index in [1.165, 1.54) is 0 Å². The Labute approximate surface area is 113 Å². The molecule has 0 aromatic heterocycles. The number of halogens is 2. The van der Waals surface area contributed by atoms with Gasteiger partial charge in [0.05, 0.1) is 12.1 Å². The summed E-state index contributed by atoms with van der Waals surface area (Å²) in [6.45, 7) is 1.97. The standard InChI is InChI=1S/C12H16ClNO2.ClH/c1-15-9-4-5-12(11(13)7-9)16-10-3-2-6-14-8-10;/h4-5,7,10,14H,2-3,6,8H2,1H3;1H. The molecule has 5 heteroatoms. The fourth-order valence-corrected chi connectivity index (χ4v) is 2.02. The quantitative estimate of drug-likeness (QED) is 0.922. The van der Waals surface area contributed by atoms with Gasteiger partial charge in [-0.05, 0) is 31.5 Å². The fraction of sp³-hybridized carbons (Fsp3) is 0.500. The Bertz CT molecular complexity index is 354. The molecule has 2 rings (SSSR count). The molecule has 0 spiro atoms. The Kier molecular flexibility index (Phi) is 5.89. The van der Waals surface area contributed by atoms with Crippen LogP contribution >= 0.6 is 24.0 Å². The number of methoxy groups -OCH3 is 1. The van der Waals surface area contributed by atoms with E-state index in [1.54, 1.807) is 13.2 Å². The number of nitrogens with one attached hydrogen (secondary N) is 1. The number of rotatable bonds is 3. The van der Waals surface area contributed by atoms with Gasteiger partial charge in [0.2, 0.25) is 0 Å². The van der Waals surface area contributed by atoms with E-state index < -0.39 is 0 Å². The third-order valence-electron chi connectivity index (χ3n) is 2.68. The maximum atomic E-state index is 6.10. The summed E-state index contributed by atoms with van der Waals surface area (Å²) in [5, 5.41) is 3.91. The zero-order valence-corrected chi connectivity index (χ0v) is 11.3. The van der Waals surface area contributed by atoms with Crippen LogP contribution in [0.3, 0.4) is 0 Å². The van der Waals surface area contributed by atoms with E-state index in [0.717, 1.165) is 37.4 Å². The van der Waals surface area contributed by atoms with Crippen molar-refractivity contribution >= 4 is 24.0 Å². The molecular weight excluding hydrogens is 261 g/mol. The van der Waals surface area contributed by atoms with Crippen LogP contribution in [0.2, 0.25) is 5.02 Å². The summed E-state index contributed by atoms with van der Waals surface area (Å²) in [6, 6.07) is 5.49. The van der Waals surface area contributed by atoms with Crippen LogP contribution in [0.15, 0.2) is 18.2 Å². The third kappa shape index (κ3) is 3.95. The maximum Gasteiger partial charge on any atom is 0.138 e. The van der Waals surface area contributed by atoms with E-state index in [4.69, 9.17) is 21.1 Å². The van der Waals surface area contributed by atoms with E-state index in [0.29, 0.717) is 5.02 Å². The van der Waals surface area contributed by atoms with E-state index >= 15 is 0 Å². The zero-order chi connectivity index (χ0) is 11.4. The van der Waals surface area contributed by atoms with Gasteiger partial charge in [0.15, 0.2) is 0 Å². The van der Waals surface area contributed by atoms with Crippen LogP contribution < -0.4 is 14.8 Å². The maximum absolute atomic E-state index is 6.10. The first-order chi connectivity index (χ1) is 7.79. The zero-order valence-electron chi connectivity index (χ0n) is 9.74. The highest BCUT2D eigenvalue weighted by atomic mass is 35.5. The topological polar surface area (TPSA) is 30.5 Å². The molecule has 96 valence electrons. The van der Waals surface area contributed by atoms with E-state index in [2.05, 4.69) is 5.32 Å². The molecule has 1 N–H and O–H groups in total. The molecule has 1 aromatic carbocycles. The van der Waals surface area contributed by atoms with Gasteiger partial charge in [-0.1, -0.05) is 11.6 Å². The van der Waals surface area contributed by atoms with E-state index in [9.17, 15) is 0 Å². The summed E-state index contributed by atoms with van der Waals surface area (Å²) in [5.41, 5.74) is 0. The van der Waals surface area contributed by atoms with Crippen molar-refractivity contribution < 1.29 is 9.47 Å². The minimum Gasteiger partial charge on any atom is -0.497 e. The van der Waals surface area contributed by atoms with Crippen molar-refractivity contribution in [1.82, 2.24) is 5.32 Å². The molecule has 17 heavy (non-hydrogen) atoms. The second-order valence-electron chi connectivity index (χ2n) is 3.88. The van der Waals surface area contributed by atoms with Crippen LogP contribution in [0.4, 0.5) is 0 Å². The second kappa shape index (κ2) is 6.94. The van der Waals surface area contributed by atoms with Crippen LogP contribution in [0.1, 0.15) is 12.8 Å². The Morgan fingerprint density at radius 1 is 1.41 bits per heavy atom. The predicted octanol–water partition coefficient (Wildman–Crippen LogP) is 2.90. The molecule has 1 aliphatic rings. The molecule has 1 atom stereocenters. The molecule has 1 unspecified atom stereocenters. The molecule has 1 aliphatic heterocycles. The average molecular weight is 278 g/mol. The van der Waals surface area contributed by atoms with Crippen molar-refractivity contribution in [3.05, 3.63) is 23.2 Å². The summed E-state index contributed by atoms with van der Waals surface area (Å²) in [5.74, 6) is 1.48. The first-order valence-corrected chi connectivity index (χ1v) is 5.88. The Morgan fingerprint density at radius 2 is 2.24 bits per heavy atom. The van der Waals surface area contributed by atoms with Crippen LogP contribution in [-0.4, -0.2) is 26.3 Å². The summed E-state index contributed by atoms with van der Waals surface area (Å²) >= 11 is 6.10. The molecule has 0 radical (unpaired) electrons. The van der Waals surface area contributed by atoms with Crippen molar-refractivity contribution in [2.24, 2.45) is 0 Å². The molecule has 1 fully saturated rings. The monoisotopic (exact) mass is 277 g/mol. The minimum atomic E-state index is 0. The second-order valence-corrected chi connectivity index (χ2v) is 4.29. The lowest BCUT2D eigenvalue weighted by molar-refractivity contribution is 0.167. The third-order valence-corrected chi connectivity index (χ3v) is 2.98. The van der Waals surface area contributed by atoms with Gasteiger partial charge in [-0.25, -0.2) is 0 Å². The Hall–Kier alpha value is -0.640. The smallest absolute Gasteiger partial charge is 0.138 e. The lowest BCUT2D eigenvalue weighted by Crippen LogP contribution is -2.37. The predicted molar refractivity (Wildman–Crippen MR) is 71.8 cm³/mol. The summed E-state index contributed by atoms with van der Waals surface area (Å²) in [4.78, 5) is 0. The van der Waals surface area contributed by atoms with Crippen LogP contribution in [0, 0.1) is 0 Å². The SMILES string of the molecule is COc1ccc(OC2CCCNC2)c(Cl)c1.Cl. The number of benzene rings is 1. The Balaban J connectivity index is 0.00000144. The number of hydrogen-bond donors (Lipinski definition) is 1. The first-order valence-electron chi connectivity index (χ1n) is 5.50. The van der Waals surface area contributed by atoms with Gasteiger partial charge in [0.1, 0.15) is 17.6 Å². The van der Waals surface area contributed by atoms with Crippen LogP contribution in [0.5, 0.6) is 11.5 Å². The highest BCUT2D eigenvalue weighted by Crippen LogP contribution is 2.30. The molecule has 1 aromatic rings. The van der Waals surface area contributed by atoms with Gasteiger partial charge < -0.3 is 14.8 Å². The van der Waals surface area contributed by atoms with Crippen molar-refractivity contribution in [1.29, 1.82) is 0 Å². The van der Waals surface area contributed by atoms with Crippen LogP contribution in [-0.2, 0) is 0 Å². The van der Waals surface area contributed by atoms with Gasteiger partial charge in [0.25, 0.3) is 0 Å². The van der Waals surface area contributed by atoms with Crippen molar-refractivity contribution in [3.8, 4) is 11.5 Å². The molecule has 1 heterocycles. The minimum absolute atomic E-state index is 0. The van der Waals surface area contributed by atoms with Gasteiger partial charge in [-0.2, -0.15) is 0 Å². The van der Waals surface area contributed by atoms with Gasteiger partial charge in [0, 0.05) is 12.6 Å². The number of hydrogen-bond acceptors (Lipinski definition) is 3. The molecule has 0 bridgehead atoms. The molecule has 3 nitrogen and oxygen atoms in total. The average Bonchev–Trinajstić information content (AvgIpc) is 2.33. The van der Waals surface area contributed by atoms with Crippen molar-refractivity contribution in [2.45, 2.75) is 18.9 Å². The first kappa shape index (κ1) is 14.4. The largest absolute Gasteiger partial charge is 0.497 e. The number of ether oxygens (including phenoxy) is 2. The summed E-state index contributed by atoms with van der Waals surface area (Å²) in [6.07, 6.45) is 2.45. The summed E-state index contributed by atoms with van der Waals surface area (Å²) in [7, 11) is 1.62. The molecule has 0 saturated carbocycles. The molecule has 1 saturated heterocycles. The van der Waals surface area contributed by atoms with Gasteiger partial charge in [-0.3, -0.25) is 0 Å². The number of piperidine rings is 1. The van der Waals surface area contributed by atoms with E-state index in [-0.39, 0.29) is 18.5 Å². The van der Waals surface area contributed by atoms with Gasteiger partial charge in [-0.15, -0.1) is 12.4 Å². The highest BCUT2D eigenvalue weighted by molar-refractivity contribution is 6.32. The van der Waals surface area contributed by atoms with Gasteiger partial charge >= 0.3 is 0 Å². The molecular formula is C12H17Cl2NO2. The van der Waals surface area contributed by atoms with Crippen molar-refractivity contribution in [2.75, 3.05) is 20.2 Å². The Morgan fingerprint density at radius 3 is 2.82 bits per heavy atom. The highest BCUT2D eigenvalue weighted by Gasteiger charge is 2.15. The molecule has 0 amide bonds. The van der Waals surface area contributed by atoms with E-state index in [1.807, 2.05) is 12.1 Å². The summed E-state index contributed by atoms with van der Waals surface area (Å²) < 4.78 is 10.9. The van der Waals surface area contributed by atoms with Crippen LogP contribution in [0.25, 0.3) is 0 Å². The lowest BCUT2D eigenvalue weighted by Gasteiger charge is -2.24. The molecule has 0 aliphatic carbocycles.